The van der Waals surface area contributed by atoms with Crippen LogP contribution in [0, 0.1) is 6.92 Å². The molecule has 19 heavy (non-hydrogen) atoms. The third-order valence-corrected chi connectivity index (χ3v) is 3.46. The highest BCUT2D eigenvalue weighted by atomic mass is 15.3. The summed E-state index contributed by atoms with van der Waals surface area (Å²) >= 11 is 0. The minimum atomic E-state index is 0.835. The van der Waals surface area contributed by atoms with E-state index in [0.717, 1.165) is 37.8 Å². The van der Waals surface area contributed by atoms with Gasteiger partial charge in [0.1, 0.15) is 0 Å². The average Bonchev–Trinajstić information content (AvgIpc) is 2.49. The molecule has 2 aromatic rings. The van der Waals surface area contributed by atoms with E-state index in [1.807, 2.05) is 12.3 Å². The lowest BCUT2D eigenvalue weighted by Gasteiger charge is -2.27. The zero-order valence-electron chi connectivity index (χ0n) is 11.1. The van der Waals surface area contributed by atoms with Gasteiger partial charge in [-0.3, -0.25) is 0 Å². The minimum Gasteiger partial charge on any atom is -0.338 e. The highest BCUT2D eigenvalue weighted by Crippen LogP contribution is 2.22. The zero-order chi connectivity index (χ0) is 13.1. The van der Waals surface area contributed by atoms with Gasteiger partial charge in [-0.05, 0) is 18.6 Å². The lowest BCUT2D eigenvalue weighted by atomic mass is 10.1. The van der Waals surface area contributed by atoms with Crippen LogP contribution in [0.25, 0.3) is 11.3 Å². The Morgan fingerprint density at radius 3 is 2.68 bits per heavy atom. The highest BCUT2D eigenvalue weighted by Gasteiger charge is 2.13. The molecular weight excluding hydrogens is 236 g/mol. The molecule has 1 aliphatic rings. The number of piperazine rings is 1. The first-order valence-corrected chi connectivity index (χ1v) is 6.69. The summed E-state index contributed by atoms with van der Waals surface area (Å²) in [5.74, 6) is 0.835. The summed E-state index contributed by atoms with van der Waals surface area (Å²) in [6.45, 7) is 6.05. The van der Waals surface area contributed by atoms with Crippen molar-refractivity contribution in [3.63, 3.8) is 0 Å². The largest absolute Gasteiger partial charge is 0.338 e. The molecule has 4 heteroatoms. The molecule has 0 aliphatic carbocycles. The first-order valence-electron chi connectivity index (χ1n) is 6.69. The first kappa shape index (κ1) is 12.1. The molecule has 0 bridgehead atoms. The van der Waals surface area contributed by atoms with Crippen molar-refractivity contribution in [3.8, 4) is 11.3 Å². The second-order valence-corrected chi connectivity index (χ2v) is 4.79. The Balaban J connectivity index is 1.93. The van der Waals surface area contributed by atoms with Gasteiger partial charge in [0, 0.05) is 37.9 Å². The smallest absolute Gasteiger partial charge is 0.225 e. The molecule has 1 aromatic heterocycles. The van der Waals surface area contributed by atoms with Crippen LogP contribution >= 0.6 is 0 Å². The molecule has 0 radical (unpaired) electrons. The molecule has 0 spiro atoms. The van der Waals surface area contributed by atoms with Crippen molar-refractivity contribution in [3.05, 3.63) is 42.1 Å². The van der Waals surface area contributed by atoms with Crippen molar-refractivity contribution >= 4 is 5.95 Å². The van der Waals surface area contributed by atoms with Crippen molar-refractivity contribution in [2.45, 2.75) is 6.92 Å². The molecule has 0 unspecified atom stereocenters. The van der Waals surface area contributed by atoms with Gasteiger partial charge in [0.05, 0.1) is 5.69 Å². The van der Waals surface area contributed by atoms with Crippen LogP contribution in [0.2, 0.25) is 0 Å². The molecule has 4 nitrogen and oxygen atoms in total. The topological polar surface area (TPSA) is 41.1 Å². The van der Waals surface area contributed by atoms with Gasteiger partial charge in [0.15, 0.2) is 0 Å². The second-order valence-electron chi connectivity index (χ2n) is 4.79. The van der Waals surface area contributed by atoms with E-state index in [-0.39, 0.29) is 0 Å². The van der Waals surface area contributed by atoms with Crippen LogP contribution in [0.5, 0.6) is 0 Å². The Hall–Kier alpha value is -1.94. The molecule has 1 saturated heterocycles. The van der Waals surface area contributed by atoms with E-state index in [9.17, 15) is 0 Å². The number of nitrogens with one attached hydrogen (secondary N) is 1. The van der Waals surface area contributed by atoms with Crippen molar-refractivity contribution in [2.75, 3.05) is 31.1 Å². The van der Waals surface area contributed by atoms with Crippen LogP contribution in [0.1, 0.15) is 5.56 Å². The molecule has 1 N–H and O–H groups in total. The molecule has 1 aliphatic heterocycles. The van der Waals surface area contributed by atoms with E-state index in [2.05, 4.69) is 46.4 Å². The van der Waals surface area contributed by atoms with E-state index in [4.69, 9.17) is 4.98 Å². The maximum absolute atomic E-state index is 4.71. The van der Waals surface area contributed by atoms with Crippen LogP contribution in [-0.2, 0) is 0 Å². The SMILES string of the molecule is Cc1ccccc1-c1ccnc(N2CCNCC2)n1. The molecule has 0 saturated carbocycles. The lowest BCUT2D eigenvalue weighted by Crippen LogP contribution is -2.44. The van der Waals surface area contributed by atoms with E-state index in [1.165, 1.54) is 11.1 Å². The molecule has 0 amide bonds. The Morgan fingerprint density at radius 2 is 1.89 bits per heavy atom. The Kier molecular flexibility index (Phi) is 3.42. The van der Waals surface area contributed by atoms with Crippen LogP contribution in [0.15, 0.2) is 36.5 Å². The quantitative estimate of drug-likeness (QED) is 0.888. The van der Waals surface area contributed by atoms with Gasteiger partial charge in [-0.2, -0.15) is 0 Å². The Bertz CT molecular complexity index is 562. The van der Waals surface area contributed by atoms with Crippen LogP contribution in [-0.4, -0.2) is 36.1 Å². The molecule has 0 atom stereocenters. The normalized spacial score (nSPS) is 15.5. The maximum Gasteiger partial charge on any atom is 0.225 e. The lowest BCUT2D eigenvalue weighted by molar-refractivity contribution is 0.580. The number of rotatable bonds is 2. The molecular formula is C15H18N4. The fraction of sp³-hybridized carbons (Fsp3) is 0.333. The third kappa shape index (κ3) is 2.58. The Labute approximate surface area is 113 Å². The van der Waals surface area contributed by atoms with Crippen LogP contribution in [0.3, 0.4) is 0 Å². The van der Waals surface area contributed by atoms with Gasteiger partial charge in [-0.15, -0.1) is 0 Å². The summed E-state index contributed by atoms with van der Waals surface area (Å²) in [5.41, 5.74) is 3.43. The van der Waals surface area contributed by atoms with Crippen molar-refractivity contribution in [1.82, 2.24) is 15.3 Å². The fourth-order valence-electron chi connectivity index (χ4n) is 2.38. The number of aromatic nitrogens is 2. The van der Waals surface area contributed by atoms with E-state index < -0.39 is 0 Å². The molecule has 3 rings (SSSR count). The van der Waals surface area contributed by atoms with Gasteiger partial charge < -0.3 is 10.2 Å². The van der Waals surface area contributed by atoms with Crippen molar-refractivity contribution in [1.29, 1.82) is 0 Å². The number of hydrogen-bond donors (Lipinski definition) is 1. The van der Waals surface area contributed by atoms with Crippen molar-refractivity contribution in [2.24, 2.45) is 0 Å². The number of aryl methyl sites for hydroxylation is 1. The average molecular weight is 254 g/mol. The van der Waals surface area contributed by atoms with E-state index in [0.29, 0.717) is 0 Å². The van der Waals surface area contributed by atoms with Crippen LogP contribution in [0.4, 0.5) is 5.95 Å². The number of benzene rings is 1. The maximum atomic E-state index is 4.71. The third-order valence-electron chi connectivity index (χ3n) is 3.46. The fourth-order valence-corrected chi connectivity index (χ4v) is 2.38. The van der Waals surface area contributed by atoms with Gasteiger partial charge in [-0.25, -0.2) is 9.97 Å². The first-order chi connectivity index (χ1) is 9.34. The number of anilines is 1. The number of nitrogens with zero attached hydrogens (tertiary/aromatic N) is 3. The predicted molar refractivity (Wildman–Crippen MR) is 77.3 cm³/mol. The van der Waals surface area contributed by atoms with Gasteiger partial charge in [0.25, 0.3) is 0 Å². The van der Waals surface area contributed by atoms with Gasteiger partial charge >= 0.3 is 0 Å². The van der Waals surface area contributed by atoms with Crippen LogP contribution < -0.4 is 10.2 Å². The Morgan fingerprint density at radius 1 is 1.11 bits per heavy atom. The van der Waals surface area contributed by atoms with E-state index >= 15 is 0 Å². The summed E-state index contributed by atoms with van der Waals surface area (Å²) in [7, 11) is 0. The van der Waals surface area contributed by atoms with Crippen molar-refractivity contribution < 1.29 is 0 Å². The van der Waals surface area contributed by atoms with Gasteiger partial charge in [-0.1, -0.05) is 24.3 Å². The summed E-state index contributed by atoms with van der Waals surface area (Å²) < 4.78 is 0. The number of hydrogen-bond acceptors (Lipinski definition) is 4. The van der Waals surface area contributed by atoms with E-state index in [1.54, 1.807) is 0 Å². The predicted octanol–water partition coefficient (Wildman–Crippen LogP) is 1.86. The monoisotopic (exact) mass is 254 g/mol. The zero-order valence-corrected chi connectivity index (χ0v) is 11.1. The summed E-state index contributed by atoms with van der Waals surface area (Å²) in [4.78, 5) is 11.4. The highest BCUT2D eigenvalue weighted by molar-refractivity contribution is 5.64. The molecule has 1 fully saturated rings. The molecule has 98 valence electrons. The molecule has 1 aromatic carbocycles. The minimum absolute atomic E-state index is 0.835. The summed E-state index contributed by atoms with van der Waals surface area (Å²) in [6.07, 6.45) is 1.85. The molecule has 2 heterocycles. The summed E-state index contributed by atoms with van der Waals surface area (Å²) in [5, 5.41) is 3.34. The second kappa shape index (κ2) is 5.36. The van der Waals surface area contributed by atoms with Gasteiger partial charge in [0.2, 0.25) is 5.95 Å². The standard InChI is InChI=1S/C15H18N4/c1-12-4-2-3-5-13(12)14-6-7-17-15(18-14)19-10-8-16-9-11-19/h2-7,16H,8-11H2,1H3. The summed E-state index contributed by atoms with van der Waals surface area (Å²) in [6, 6.07) is 10.3.